The lowest BCUT2D eigenvalue weighted by Gasteiger charge is -2.16. The van der Waals surface area contributed by atoms with Crippen molar-refractivity contribution in [3.05, 3.63) is 35.9 Å². The smallest absolute Gasteiger partial charge is 0.139 e. The van der Waals surface area contributed by atoms with Gasteiger partial charge >= 0.3 is 0 Å². The molecule has 1 aromatic rings. The van der Waals surface area contributed by atoms with E-state index in [9.17, 15) is 4.79 Å². The van der Waals surface area contributed by atoms with Crippen molar-refractivity contribution < 1.29 is 4.79 Å². The van der Waals surface area contributed by atoms with Crippen molar-refractivity contribution in [1.82, 2.24) is 0 Å². The highest BCUT2D eigenvalue weighted by atomic mass is 16.1. The van der Waals surface area contributed by atoms with Gasteiger partial charge in [0.25, 0.3) is 0 Å². The van der Waals surface area contributed by atoms with E-state index < -0.39 is 0 Å². The zero-order valence-electron chi connectivity index (χ0n) is 10.7. The minimum atomic E-state index is 0.258. The van der Waals surface area contributed by atoms with Gasteiger partial charge in [0.2, 0.25) is 0 Å². The van der Waals surface area contributed by atoms with Crippen LogP contribution in [-0.2, 0) is 4.79 Å². The Morgan fingerprint density at radius 1 is 1.17 bits per heavy atom. The second-order valence-corrected chi connectivity index (χ2v) is 5.79. The second kappa shape index (κ2) is 4.85. The maximum absolute atomic E-state index is 12.5. The highest BCUT2D eigenvalue weighted by molar-refractivity contribution is 5.87. The summed E-state index contributed by atoms with van der Waals surface area (Å²) in [5.74, 6) is 1.97. The number of carbonyl (C=O) groups excluding carboxylic acids is 1. The number of hydrogen-bond acceptors (Lipinski definition) is 2. The van der Waals surface area contributed by atoms with Crippen molar-refractivity contribution in [1.29, 1.82) is 0 Å². The van der Waals surface area contributed by atoms with Crippen LogP contribution in [0.3, 0.4) is 0 Å². The van der Waals surface area contributed by atoms with E-state index in [-0.39, 0.29) is 11.8 Å². The van der Waals surface area contributed by atoms with Crippen LogP contribution in [0.2, 0.25) is 0 Å². The first-order chi connectivity index (χ1) is 8.81. The largest absolute Gasteiger partial charge is 0.330 e. The molecule has 4 unspecified atom stereocenters. The summed E-state index contributed by atoms with van der Waals surface area (Å²) in [7, 11) is 0. The van der Waals surface area contributed by atoms with E-state index in [1.807, 2.05) is 6.07 Å². The molecule has 18 heavy (non-hydrogen) atoms. The Balaban J connectivity index is 1.66. The Bertz CT molecular complexity index is 428. The van der Waals surface area contributed by atoms with Crippen LogP contribution in [0.1, 0.15) is 37.2 Å². The molecule has 0 aliphatic heterocycles. The van der Waals surface area contributed by atoms with Gasteiger partial charge in [-0.05, 0) is 43.2 Å². The van der Waals surface area contributed by atoms with Gasteiger partial charge in [-0.2, -0.15) is 0 Å². The molecule has 2 nitrogen and oxygen atoms in total. The van der Waals surface area contributed by atoms with Crippen molar-refractivity contribution in [2.24, 2.45) is 23.5 Å². The van der Waals surface area contributed by atoms with Crippen LogP contribution < -0.4 is 5.73 Å². The molecule has 2 saturated carbocycles. The van der Waals surface area contributed by atoms with Gasteiger partial charge in [-0.15, -0.1) is 0 Å². The van der Waals surface area contributed by atoms with Crippen molar-refractivity contribution in [3.63, 3.8) is 0 Å². The molecule has 0 saturated heterocycles. The van der Waals surface area contributed by atoms with Gasteiger partial charge in [0.15, 0.2) is 0 Å². The number of Topliss-reactive ketones (excluding diaryl/α,β-unsaturated/α-hetero) is 1. The minimum Gasteiger partial charge on any atom is -0.330 e. The molecule has 4 atom stereocenters. The lowest BCUT2D eigenvalue weighted by molar-refractivity contribution is -0.125. The molecule has 0 radical (unpaired) electrons. The molecule has 0 amide bonds. The first kappa shape index (κ1) is 11.9. The van der Waals surface area contributed by atoms with E-state index in [1.165, 1.54) is 12.0 Å². The van der Waals surface area contributed by atoms with Crippen molar-refractivity contribution >= 4 is 5.78 Å². The topological polar surface area (TPSA) is 43.1 Å². The summed E-state index contributed by atoms with van der Waals surface area (Å²) in [5, 5.41) is 0. The molecular formula is C16H21NO. The average Bonchev–Trinajstić information content (AvgIpc) is 3.08. The summed E-state index contributed by atoms with van der Waals surface area (Å²) < 4.78 is 0. The van der Waals surface area contributed by atoms with Gasteiger partial charge < -0.3 is 5.73 Å². The number of benzene rings is 1. The second-order valence-electron chi connectivity index (χ2n) is 5.79. The third-order valence-corrected chi connectivity index (χ3v) is 4.71. The maximum Gasteiger partial charge on any atom is 0.139 e. The lowest BCUT2D eigenvalue weighted by atomic mass is 9.88. The standard InChI is InChI=1S/C16H21NO/c17-10-12-7-4-8-13(12)16(18)15-9-14(15)11-5-2-1-3-6-11/h1-3,5-6,12-15H,4,7-10,17H2. The van der Waals surface area contributed by atoms with Crippen LogP contribution in [0.25, 0.3) is 0 Å². The third kappa shape index (κ3) is 2.10. The van der Waals surface area contributed by atoms with Crippen LogP contribution in [0.5, 0.6) is 0 Å². The normalized spacial score (nSPS) is 34.5. The summed E-state index contributed by atoms with van der Waals surface area (Å²) >= 11 is 0. The van der Waals surface area contributed by atoms with Crippen molar-refractivity contribution in [3.8, 4) is 0 Å². The van der Waals surface area contributed by atoms with Gasteiger partial charge in [-0.3, -0.25) is 4.79 Å². The molecule has 3 rings (SSSR count). The Hall–Kier alpha value is -1.15. The fraction of sp³-hybridized carbons (Fsp3) is 0.562. The average molecular weight is 243 g/mol. The maximum atomic E-state index is 12.5. The van der Waals surface area contributed by atoms with E-state index in [4.69, 9.17) is 5.73 Å². The predicted octanol–water partition coefficient (Wildman–Crippen LogP) is 2.73. The van der Waals surface area contributed by atoms with E-state index in [1.54, 1.807) is 0 Å². The molecule has 1 aromatic carbocycles. The first-order valence-corrected chi connectivity index (χ1v) is 7.10. The van der Waals surface area contributed by atoms with Gasteiger partial charge in [0.1, 0.15) is 5.78 Å². The molecular weight excluding hydrogens is 222 g/mol. The fourth-order valence-corrected chi connectivity index (χ4v) is 3.55. The Morgan fingerprint density at radius 3 is 2.67 bits per heavy atom. The number of nitrogens with two attached hydrogens (primary N) is 1. The van der Waals surface area contributed by atoms with Gasteiger partial charge in [0, 0.05) is 11.8 Å². The summed E-state index contributed by atoms with van der Waals surface area (Å²) in [4.78, 5) is 12.5. The lowest BCUT2D eigenvalue weighted by Crippen LogP contribution is -2.26. The molecule has 2 aliphatic carbocycles. The van der Waals surface area contributed by atoms with Crippen LogP contribution in [-0.4, -0.2) is 12.3 Å². The van der Waals surface area contributed by atoms with Crippen LogP contribution >= 0.6 is 0 Å². The monoisotopic (exact) mass is 243 g/mol. The highest BCUT2D eigenvalue weighted by Crippen LogP contribution is 2.51. The highest BCUT2D eigenvalue weighted by Gasteiger charge is 2.47. The molecule has 0 spiro atoms. The zero-order valence-corrected chi connectivity index (χ0v) is 10.7. The first-order valence-electron chi connectivity index (χ1n) is 7.10. The van der Waals surface area contributed by atoms with Crippen LogP contribution in [0.4, 0.5) is 0 Å². The van der Waals surface area contributed by atoms with Crippen molar-refractivity contribution in [2.45, 2.75) is 31.6 Å². The molecule has 96 valence electrons. The molecule has 2 N–H and O–H groups in total. The minimum absolute atomic E-state index is 0.258. The Labute approximate surface area is 109 Å². The molecule has 0 bridgehead atoms. The third-order valence-electron chi connectivity index (χ3n) is 4.71. The fourth-order valence-electron chi connectivity index (χ4n) is 3.55. The van der Waals surface area contributed by atoms with E-state index >= 15 is 0 Å². The van der Waals surface area contributed by atoms with Gasteiger partial charge in [-0.1, -0.05) is 36.8 Å². The quantitative estimate of drug-likeness (QED) is 0.883. The molecule has 2 aliphatic rings. The SMILES string of the molecule is NCC1CCCC1C(=O)C1CC1c1ccccc1. The van der Waals surface area contributed by atoms with E-state index in [2.05, 4.69) is 24.3 Å². The summed E-state index contributed by atoms with van der Waals surface area (Å²) in [6, 6.07) is 10.4. The van der Waals surface area contributed by atoms with Gasteiger partial charge in [0.05, 0.1) is 0 Å². The Morgan fingerprint density at radius 2 is 1.94 bits per heavy atom. The van der Waals surface area contributed by atoms with Gasteiger partial charge in [-0.25, -0.2) is 0 Å². The Kier molecular flexibility index (Phi) is 3.21. The number of hydrogen-bond donors (Lipinski definition) is 1. The number of rotatable bonds is 4. The number of ketones is 1. The molecule has 2 heteroatoms. The molecule has 0 heterocycles. The predicted molar refractivity (Wildman–Crippen MR) is 72.2 cm³/mol. The van der Waals surface area contributed by atoms with Crippen LogP contribution in [0, 0.1) is 17.8 Å². The molecule has 2 fully saturated rings. The number of carbonyl (C=O) groups is 1. The van der Waals surface area contributed by atoms with Crippen LogP contribution in [0.15, 0.2) is 30.3 Å². The zero-order chi connectivity index (χ0) is 12.5. The summed E-state index contributed by atoms with van der Waals surface area (Å²) in [6.45, 7) is 0.680. The van der Waals surface area contributed by atoms with E-state index in [0.29, 0.717) is 24.2 Å². The summed E-state index contributed by atoms with van der Waals surface area (Å²) in [5.41, 5.74) is 7.11. The summed E-state index contributed by atoms with van der Waals surface area (Å²) in [6.07, 6.45) is 4.45. The van der Waals surface area contributed by atoms with E-state index in [0.717, 1.165) is 19.3 Å². The molecule has 0 aromatic heterocycles. The van der Waals surface area contributed by atoms with Crippen molar-refractivity contribution in [2.75, 3.05) is 6.54 Å².